The Labute approximate surface area is 155 Å². The molecule has 0 aliphatic carbocycles. The number of primary amides is 1. The molecule has 1 unspecified atom stereocenters. The van der Waals surface area contributed by atoms with E-state index in [1.807, 2.05) is 25.1 Å². The zero-order valence-electron chi connectivity index (χ0n) is 14.5. The van der Waals surface area contributed by atoms with Crippen LogP contribution in [0.3, 0.4) is 0 Å². The summed E-state index contributed by atoms with van der Waals surface area (Å²) in [5.41, 5.74) is 6.57. The number of carbonyl (C=O) groups excluding carboxylic acids is 1. The number of aromatic nitrogens is 3. The third-order valence-corrected chi connectivity index (χ3v) is 6.04. The SMILES string of the molecule is Cc1nc2sc(C(c3ccccc3)N3CCC(C(N)=O)CC3)c(O)n2n1. The van der Waals surface area contributed by atoms with E-state index in [0.29, 0.717) is 10.8 Å². The summed E-state index contributed by atoms with van der Waals surface area (Å²) in [4.78, 5) is 19.7. The predicted octanol–water partition coefficient (Wildman–Crippen LogP) is 2.09. The third-order valence-electron chi connectivity index (χ3n) is 4.97. The van der Waals surface area contributed by atoms with Gasteiger partial charge < -0.3 is 10.8 Å². The predicted molar refractivity (Wildman–Crippen MR) is 99.0 cm³/mol. The van der Waals surface area contributed by atoms with Crippen molar-refractivity contribution in [2.45, 2.75) is 25.8 Å². The highest BCUT2D eigenvalue weighted by molar-refractivity contribution is 7.17. The molecule has 1 atom stereocenters. The molecular formula is C18H21N5O2S. The van der Waals surface area contributed by atoms with Gasteiger partial charge in [0.2, 0.25) is 16.7 Å². The van der Waals surface area contributed by atoms with Gasteiger partial charge in [0, 0.05) is 5.92 Å². The molecule has 136 valence electrons. The second kappa shape index (κ2) is 6.69. The Balaban J connectivity index is 1.73. The van der Waals surface area contributed by atoms with Gasteiger partial charge in [-0.05, 0) is 38.4 Å². The second-order valence-electron chi connectivity index (χ2n) is 6.67. The first-order valence-corrected chi connectivity index (χ1v) is 9.49. The molecule has 0 bridgehead atoms. The van der Waals surface area contributed by atoms with E-state index >= 15 is 0 Å². The minimum absolute atomic E-state index is 0.0683. The first-order chi connectivity index (χ1) is 12.5. The summed E-state index contributed by atoms with van der Waals surface area (Å²) in [5.74, 6) is 0.479. The molecule has 1 saturated heterocycles. The summed E-state index contributed by atoms with van der Waals surface area (Å²) in [5, 5.41) is 15.1. The van der Waals surface area contributed by atoms with Gasteiger partial charge in [-0.1, -0.05) is 41.7 Å². The Kier molecular flexibility index (Phi) is 4.37. The Morgan fingerprint density at radius 1 is 1.31 bits per heavy atom. The van der Waals surface area contributed by atoms with Crippen LogP contribution < -0.4 is 5.73 Å². The van der Waals surface area contributed by atoms with Crippen molar-refractivity contribution in [1.82, 2.24) is 19.5 Å². The number of hydrogen-bond acceptors (Lipinski definition) is 6. The highest BCUT2D eigenvalue weighted by Crippen LogP contribution is 2.41. The van der Waals surface area contributed by atoms with E-state index < -0.39 is 0 Å². The van der Waals surface area contributed by atoms with Gasteiger partial charge in [0.15, 0.2) is 0 Å². The van der Waals surface area contributed by atoms with Crippen LogP contribution in [0.1, 0.15) is 35.1 Å². The van der Waals surface area contributed by atoms with Crippen LogP contribution in [-0.4, -0.2) is 43.6 Å². The molecule has 3 N–H and O–H groups in total. The summed E-state index contributed by atoms with van der Waals surface area (Å²) in [7, 11) is 0. The van der Waals surface area contributed by atoms with E-state index in [0.717, 1.165) is 36.4 Å². The molecule has 26 heavy (non-hydrogen) atoms. The van der Waals surface area contributed by atoms with Crippen molar-refractivity contribution in [3.8, 4) is 5.88 Å². The smallest absolute Gasteiger partial charge is 0.230 e. The number of piperidine rings is 1. The number of nitrogens with two attached hydrogens (primary N) is 1. The number of likely N-dealkylation sites (tertiary alicyclic amines) is 1. The molecule has 1 amide bonds. The molecule has 8 heteroatoms. The molecule has 1 fully saturated rings. The van der Waals surface area contributed by atoms with Gasteiger partial charge in [0.05, 0.1) is 10.9 Å². The molecule has 0 radical (unpaired) electrons. The lowest BCUT2D eigenvalue weighted by Crippen LogP contribution is -2.40. The number of hydrogen-bond donors (Lipinski definition) is 2. The van der Waals surface area contributed by atoms with Gasteiger partial charge in [-0.2, -0.15) is 4.52 Å². The average molecular weight is 371 g/mol. The van der Waals surface area contributed by atoms with Crippen LogP contribution in [0.2, 0.25) is 0 Å². The van der Waals surface area contributed by atoms with Crippen LogP contribution in [0.15, 0.2) is 30.3 Å². The Hall–Kier alpha value is -2.45. The molecule has 2 aromatic heterocycles. The van der Waals surface area contributed by atoms with Crippen molar-refractivity contribution in [3.05, 3.63) is 46.6 Å². The maximum absolute atomic E-state index is 11.5. The number of thiazole rings is 1. The quantitative estimate of drug-likeness (QED) is 0.732. The number of amides is 1. The van der Waals surface area contributed by atoms with Gasteiger partial charge in [0.25, 0.3) is 0 Å². The van der Waals surface area contributed by atoms with E-state index in [2.05, 4.69) is 27.1 Å². The van der Waals surface area contributed by atoms with Crippen molar-refractivity contribution in [2.75, 3.05) is 13.1 Å². The first kappa shape index (κ1) is 17.0. The normalized spacial score (nSPS) is 17.6. The maximum Gasteiger partial charge on any atom is 0.230 e. The van der Waals surface area contributed by atoms with Gasteiger partial charge in [-0.25, -0.2) is 4.98 Å². The van der Waals surface area contributed by atoms with E-state index in [9.17, 15) is 9.90 Å². The minimum Gasteiger partial charge on any atom is -0.492 e. The summed E-state index contributed by atoms with van der Waals surface area (Å²) in [6.45, 7) is 3.31. The number of rotatable bonds is 4. The number of aromatic hydroxyl groups is 1. The topological polar surface area (TPSA) is 96.8 Å². The zero-order chi connectivity index (χ0) is 18.3. The average Bonchev–Trinajstić information content (AvgIpc) is 3.14. The molecule has 3 heterocycles. The van der Waals surface area contributed by atoms with E-state index in [4.69, 9.17) is 5.73 Å². The Morgan fingerprint density at radius 3 is 2.62 bits per heavy atom. The van der Waals surface area contributed by atoms with Crippen LogP contribution in [-0.2, 0) is 4.79 Å². The Morgan fingerprint density at radius 2 is 2.00 bits per heavy atom. The van der Waals surface area contributed by atoms with Crippen molar-refractivity contribution in [1.29, 1.82) is 0 Å². The third kappa shape index (κ3) is 2.95. The molecular weight excluding hydrogens is 350 g/mol. The van der Waals surface area contributed by atoms with Crippen molar-refractivity contribution < 1.29 is 9.90 Å². The maximum atomic E-state index is 11.5. The lowest BCUT2D eigenvalue weighted by atomic mass is 9.93. The van der Waals surface area contributed by atoms with Gasteiger partial charge in [-0.15, -0.1) is 5.10 Å². The number of nitrogens with zero attached hydrogens (tertiary/aromatic N) is 4. The summed E-state index contributed by atoms with van der Waals surface area (Å²) in [6, 6.07) is 10.00. The van der Waals surface area contributed by atoms with Gasteiger partial charge in [-0.3, -0.25) is 9.69 Å². The van der Waals surface area contributed by atoms with Crippen LogP contribution in [0, 0.1) is 12.8 Å². The monoisotopic (exact) mass is 371 g/mol. The number of fused-ring (bicyclic) bond motifs is 1. The fourth-order valence-corrected chi connectivity index (χ4v) is 4.79. The van der Waals surface area contributed by atoms with E-state index in [1.165, 1.54) is 15.9 Å². The largest absolute Gasteiger partial charge is 0.492 e. The molecule has 1 aliphatic heterocycles. The molecule has 1 aliphatic rings. The molecule has 7 nitrogen and oxygen atoms in total. The summed E-state index contributed by atoms with van der Waals surface area (Å²) >= 11 is 1.45. The van der Waals surface area contributed by atoms with Crippen LogP contribution in [0.25, 0.3) is 4.96 Å². The molecule has 1 aromatic carbocycles. The van der Waals surface area contributed by atoms with Gasteiger partial charge >= 0.3 is 0 Å². The zero-order valence-corrected chi connectivity index (χ0v) is 15.3. The fraction of sp³-hybridized carbons (Fsp3) is 0.389. The van der Waals surface area contributed by atoms with Gasteiger partial charge in [0.1, 0.15) is 5.82 Å². The molecule has 0 spiro atoms. The van der Waals surface area contributed by atoms with Crippen molar-refractivity contribution in [3.63, 3.8) is 0 Å². The van der Waals surface area contributed by atoms with Crippen LogP contribution in [0.4, 0.5) is 0 Å². The number of carbonyl (C=O) groups is 1. The summed E-state index contributed by atoms with van der Waals surface area (Å²) in [6.07, 6.45) is 1.47. The highest BCUT2D eigenvalue weighted by Gasteiger charge is 2.33. The lowest BCUT2D eigenvalue weighted by molar-refractivity contribution is -0.123. The number of benzene rings is 1. The van der Waals surface area contributed by atoms with E-state index in [1.54, 1.807) is 0 Å². The van der Waals surface area contributed by atoms with Crippen molar-refractivity contribution >= 4 is 22.2 Å². The molecule has 0 saturated carbocycles. The number of aryl methyl sites for hydroxylation is 1. The van der Waals surface area contributed by atoms with E-state index in [-0.39, 0.29) is 23.7 Å². The van der Waals surface area contributed by atoms with Crippen LogP contribution >= 0.6 is 11.3 Å². The summed E-state index contributed by atoms with van der Waals surface area (Å²) < 4.78 is 1.50. The highest BCUT2D eigenvalue weighted by atomic mass is 32.1. The molecule has 4 rings (SSSR count). The first-order valence-electron chi connectivity index (χ1n) is 8.68. The van der Waals surface area contributed by atoms with Crippen LogP contribution in [0.5, 0.6) is 5.88 Å². The fourth-order valence-electron chi connectivity index (χ4n) is 3.63. The lowest BCUT2D eigenvalue weighted by Gasteiger charge is -2.36. The molecule has 3 aromatic rings. The second-order valence-corrected chi connectivity index (χ2v) is 7.68. The van der Waals surface area contributed by atoms with Crippen molar-refractivity contribution in [2.24, 2.45) is 11.7 Å². The standard InChI is InChI=1S/C18H21N5O2S/c1-11-20-18-23(21-11)17(25)15(26-18)14(12-5-3-2-4-6-12)22-9-7-13(8-10-22)16(19)24/h2-6,13-14,25H,7-10H2,1H3,(H2,19,24). The Bertz CT molecular complexity index is 928. The minimum atomic E-state index is -0.224.